The molecule has 0 aliphatic carbocycles. The Morgan fingerprint density at radius 3 is 2.80 bits per heavy atom. The third-order valence-corrected chi connectivity index (χ3v) is 5.57. The normalized spacial score (nSPS) is 19.7. The lowest BCUT2D eigenvalue weighted by Crippen LogP contribution is -2.33. The van der Waals surface area contributed by atoms with E-state index in [2.05, 4.69) is 16.0 Å². The first-order valence-electron chi connectivity index (χ1n) is 10.3. The number of ether oxygens (including phenoxy) is 1. The molecule has 2 unspecified atom stereocenters. The molecular formula is C23H28ClN3O3. The molecule has 1 fully saturated rings. The molecule has 3 N–H and O–H groups in total. The van der Waals surface area contributed by atoms with Gasteiger partial charge in [0.05, 0.1) is 0 Å². The molecule has 2 aromatic rings. The van der Waals surface area contributed by atoms with Crippen LogP contribution in [-0.4, -0.2) is 37.6 Å². The number of rotatable bonds is 6. The highest BCUT2D eigenvalue weighted by atomic mass is 35.5. The molecule has 6 nitrogen and oxygen atoms in total. The second kappa shape index (κ2) is 10.5. The summed E-state index contributed by atoms with van der Waals surface area (Å²) in [6.07, 6.45) is 3.41. The zero-order valence-electron chi connectivity index (χ0n) is 16.9. The fourth-order valence-corrected chi connectivity index (χ4v) is 3.95. The third-order valence-electron chi connectivity index (χ3n) is 5.57. The summed E-state index contributed by atoms with van der Waals surface area (Å²) >= 11 is 0. The predicted octanol–water partition coefficient (Wildman–Crippen LogP) is 3.17. The van der Waals surface area contributed by atoms with Crippen molar-refractivity contribution in [3.05, 3.63) is 59.7 Å². The zero-order valence-corrected chi connectivity index (χ0v) is 17.7. The van der Waals surface area contributed by atoms with Gasteiger partial charge < -0.3 is 20.7 Å². The molecule has 4 rings (SSSR count). The Kier molecular flexibility index (Phi) is 7.71. The number of nitrogens with one attached hydrogen (secondary N) is 3. The van der Waals surface area contributed by atoms with Crippen molar-refractivity contribution in [2.24, 2.45) is 5.92 Å². The Bertz CT molecular complexity index is 859. The summed E-state index contributed by atoms with van der Waals surface area (Å²) in [6.45, 7) is 2.79. The Hall–Kier alpha value is -2.57. The molecule has 0 spiro atoms. The van der Waals surface area contributed by atoms with Crippen molar-refractivity contribution in [3.8, 4) is 5.75 Å². The van der Waals surface area contributed by atoms with Gasteiger partial charge in [-0.1, -0.05) is 24.3 Å². The van der Waals surface area contributed by atoms with Crippen molar-refractivity contribution in [1.82, 2.24) is 10.6 Å². The first-order chi connectivity index (χ1) is 14.2. The maximum Gasteiger partial charge on any atom is 0.265 e. The van der Waals surface area contributed by atoms with Gasteiger partial charge in [-0.25, -0.2) is 0 Å². The monoisotopic (exact) mass is 429 g/mol. The summed E-state index contributed by atoms with van der Waals surface area (Å²) in [5.74, 6) is 1.07. The summed E-state index contributed by atoms with van der Waals surface area (Å²) in [5, 5.41) is 9.26. The van der Waals surface area contributed by atoms with Crippen LogP contribution in [0, 0.1) is 5.92 Å². The maximum atomic E-state index is 12.6. The summed E-state index contributed by atoms with van der Waals surface area (Å²) in [4.78, 5) is 25.0. The van der Waals surface area contributed by atoms with Gasteiger partial charge in [0.25, 0.3) is 11.8 Å². The number of halogens is 1. The minimum atomic E-state index is -0.547. The number of benzene rings is 2. The van der Waals surface area contributed by atoms with E-state index in [4.69, 9.17) is 4.74 Å². The van der Waals surface area contributed by atoms with E-state index in [0.717, 1.165) is 30.8 Å². The molecule has 2 aromatic carbocycles. The van der Waals surface area contributed by atoms with Crippen LogP contribution in [0.25, 0.3) is 0 Å². The van der Waals surface area contributed by atoms with Gasteiger partial charge in [-0.05, 0) is 68.1 Å². The Morgan fingerprint density at radius 1 is 1.13 bits per heavy atom. The van der Waals surface area contributed by atoms with Crippen LogP contribution < -0.4 is 20.7 Å². The van der Waals surface area contributed by atoms with E-state index in [-0.39, 0.29) is 24.2 Å². The van der Waals surface area contributed by atoms with Gasteiger partial charge in [-0.3, -0.25) is 9.59 Å². The number of carbonyl (C=O) groups excluding carboxylic acids is 2. The number of hydrogen-bond acceptors (Lipinski definition) is 4. The van der Waals surface area contributed by atoms with Crippen LogP contribution in [0.4, 0.5) is 5.69 Å². The van der Waals surface area contributed by atoms with Crippen LogP contribution in [0.5, 0.6) is 5.75 Å². The molecule has 2 aliphatic rings. The van der Waals surface area contributed by atoms with Crippen LogP contribution in [0.2, 0.25) is 0 Å². The summed E-state index contributed by atoms with van der Waals surface area (Å²) in [7, 11) is 0. The van der Waals surface area contributed by atoms with Gasteiger partial charge in [0.1, 0.15) is 5.75 Å². The zero-order chi connectivity index (χ0) is 20.1. The topological polar surface area (TPSA) is 79.5 Å². The molecule has 2 amide bonds. The fraction of sp³-hybridized carbons (Fsp3) is 0.391. The first kappa shape index (κ1) is 22.1. The highest BCUT2D eigenvalue weighted by Crippen LogP contribution is 2.28. The Balaban J connectivity index is 0.00000256. The van der Waals surface area contributed by atoms with Crippen molar-refractivity contribution >= 4 is 29.9 Å². The molecule has 30 heavy (non-hydrogen) atoms. The van der Waals surface area contributed by atoms with Crippen molar-refractivity contribution in [2.45, 2.75) is 31.8 Å². The molecule has 2 atom stereocenters. The number of hydrogen-bond donors (Lipinski definition) is 3. The molecule has 0 bridgehead atoms. The van der Waals surface area contributed by atoms with Crippen LogP contribution in [0.1, 0.15) is 35.2 Å². The second-order valence-corrected chi connectivity index (χ2v) is 7.75. The average Bonchev–Trinajstić information content (AvgIpc) is 3.19. The fourth-order valence-electron chi connectivity index (χ4n) is 3.95. The summed E-state index contributed by atoms with van der Waals surface area (Å²) in [5.41, 5.74) is 2.17. The highest BCUT2D eigenvalue weighted by Gasteiger charge is 2.28. The number of para-hydroxylation sites is 1. The lowest BCUT2D eigenvalue weighted by Gasteiger charge is -2.22. The molecule has 7 heteroatoms. The molecule has 2 aliphatic heterocycles. The number of anilines is 1. The molecule has 0 aromatic heterocycles. The number of carbonyl (C=O) groups is 2. The highest BCUT2D eigenvalue weighted by molar-refractivity contribution is 5.98. The minimum Gasteiger partial charge on any atom is -0.480 e. The van der Waals surface area contributed by atoms with E-state index in [0.29, 0.717) is 30.1 Å². The average molecular weight is 430 g/mol. The van der Waals surface area contributed by atoms with E-state index < -0.39 is 6.10 Å². The smallest absolute Gasteiger partial charge is 0.265 e. The van der Waals surface area contributed by atoms with Crippen LogP contribution in [-0.2, 0) is 11.2 Å². The summed E-state index contributed by atoms with van der Waals surface area (Å²) in [6, 6.07) is 14.7. The Morgan fingerprint density at radius 2 is 2.00 bits per heavy atom. The van der Waals surface area contributed by atoms with Crippen molar-refractivity contribution in [2.75, 3.05) is 25.0 Å². The van der Waals surface area contributed by atoms with E-state index in [1.54, 1.807) is 24.3 Å². The predicted molar refractivity (Wildman–Crippen MR) is 119 cm³/mol. The lowest BCUT2D eigenvalue weighted by molar-refractivity contribution is -0.122. The molecule has 0 saturated carbocycles. The van der Waals surface area contributed by atoms with Crippen LogP contribution in [0.15, 0.2) is 48.5 Å². The summed E-state index contributed by atoms with van der Waals surface area (Å²) < 4.78 is 5.73. The van der Waals surface area contributed by atoms with Gasteiger partial charge in [0, 0.05) is 24.2 Å². The van der Waals surface area contributed by atoms with E-state index in [9.17, 15) is 9.59 Å². The quantitative estimate of drug-likeness (QED) is 0.659. The SMILES string of the molecule is Cl.O=C(NCCC1CCCNC1)c1cccc(NC(=O)C2Cc3ccccc3O2)c1. The van der Waals surface area contributed by atoms with E-state index in [1.807, 2.05) is 24.3 Å². The molecule has 2 heterocycles. The van der Waals surface area contributed by atoms with Gasteiger partial charge in [0.15, 0.2) is 6.10 Å². The lowest BCUT2D eigenvalue weighted by atomic mass is 9.96. The van der Waals surface area contributed by atoms with Crippen molar-refractivity contribution < 1.29 is 14.3 Å². The minimum absolute atomic E-state index is 0. The molecule has 160 valence electrons. The second-order valence-electron chi connectivity index (χ2n) is 7.75. The van der Waals surface area contributed by atoms with E-state index >= 15 is 0 Å². The molecular weight excluding hydrogens is 402 g/mol. The van der Waals surface area contributed by atoms with Gasteiger partial charge in [-0.2, -0.15) is 0 Å². The van der Waals surface area contributed by atoms with Gasteiger partial charge >= 0.3 is 0 Å². The third kappa shape index (κ3) is 5.52. The first-order valence-corrected chi connectivity index (χ1v) is 10.3. The molecule has 0 radical (unpaired) electrons. The largest absolute Gasteiger partial charge is 0.480 e. The van der Waals surface area contributed by atoms with Crippen molar-refractivity contribution in [1.29, 1.82) is 0 Å². The van der Waals surface area contributed by atoms with Gasteiger partial charge in [0.2, 0.25) is 0 Å². The number of amides is 2. The maximum absolute atomic E-state index is 12.6. The van der Waals surface area contributed by atoms with E-state index in [1.165, 1.54) is 12.8 Å². The van der Waals surface area contributed by atoms with Crippen molar-refractivity contribution in [3.63, 3.8) is 0 Å². The number of piperidine rings is 1. The Labute approximate surface area is 183 Å². The van der Waals surface area contributed by atoms with Crippen LogP contribution in [0.3, 0.4) is 0 Å². The molecule has 1 saturated heterocycles. The van der Waals surface area contributed by atoms with Gasteiger partial charge in [-0.15, -0.1) is 12.4 Å². The standard InChI is InChI=1S/C23H27N3O3.ClH/c27-22(25-12-10-16-5-4-11-24-15-16)18-7-3-8-19(13-18)26-23(28)21-14-17-6-1-2-9-20(17)29-21;/h1-3,6-9,13,16,21,24H,4-5,10-12,14-15H2,(H,25,27)(H,26,28);1H. The number of fused-ring (bicyclic) bond motifs is 1. The van der Waals surface area contributed by atoms with Crippen LogP contribution >= 0.6 is 12.4 Å².